The van der Waals surface area contributed by atoms with E-state index < -0.39 is 5.67 Å². The first kappa shape index (κ1) is 9.78. The highest BCUT2D eigenvalue weighted by Crippen LogP contribution is 2.43. The van der Waals surface area contributed by atoms with Crippen molar-refractivity contribution in [1.29, 1.82) is 0 Å². The first-order chi connectivity index (χ1) is 6.02. The fourth-order valence-corrected chi connectivity index (χ4v) is 2.85. The summed E-state index contributed by atoms with van der Waals surface area (Å²) in [7, 11) is 0. The highest BCUT2D eigenvalue weighted by Gasteiger charge is 2.43. The van der Waals surface area contributed by atoms with Crippen molar-refractivity contribution in [3.8, 4) is 0 Å². The average Bonchev–Trinajstić information content (AvgIpc) is 1.98. The summed E-state index contributed by atoms with van der Waals surface area (Å²) in [6, 6.07) is 0. The Kier molecular flexibility index (Phi) is 2.35. The Morgan fingerprint density at radius 2 is 1.92 bits per heavy atom. The zero-order valence-electron chi connectivity index (χ0n) is 8.22. The van der Waals surface area contributed by atoms with E-state index in [1.165, 1.54) is 6.42 Å². The molecule has 1 aliphatic carbocycles. The molecule has 2 fully saturated rings. The molecule has 1 saturated carbocycles. The van der Waals surface area contributed by atoms with Crippen molar-refractivity contribution in [3.63, 3.8) is 0 Å². The summed E-state index contributed by atoms with van der Waals surface area (Å²) in [5, 5.41) is 0. The molecule has 0 N–H and O–H groups in total. The van der Waals surface area contributed by atoms with Crippen LogP contribution in [0.4, 0.5) is 4.39 Å². The maximum absolute atomic E-state index is 13.7. The third kappa shape index (κ3) is 1.86. The van der Waals surface area contributed by atoms with Crippen LogP contribution < -0.4 is 0 Å². The molecule has 0 aromatic carbocycles. The van der Waals surface area contributed by atoms with Gasteiger partial charge in [-0.1, -0.05) is 0 Å². The Morgan fingerprint density at radius 1 is 1.23 bits per heavy atom. The van der Waals surface area contributed by atoms with Gasteiger partial charge in [-0.15, -0.1) is 0 Å². The summed E-state index contributed by atoms with van der Waals surface area (Å²) in [6.07, 6.45) is 5.21. The van der Waals surface area contributed by atoms with Crippen LogP contribution in [0.25, 0.3) is 0 Å². The number of alkyl halides is 1. The molecule has 0 aromatic rings. The number of hydrogen-bond donors (Lipinski definition) is 1. The number of likely N-dealkylation sites (tertiary alicyclic amines) is 1. The van der Waals surface area contributed by atoms with Crippen molar-refractivity contribution in [2.45, 2.75) is 49.6 Å². The van der Waals surface area contributed by atoms with Gasteiger partial charge in [0.25, 0.3) is 0 Å². The average molecular weight is 203 g/mol. The van der Waals surface area contributed by atoms with Crippen molar-refractivity contribution in [2.24, 2.45) is 0 Å². The van der Waals surface area contributed by atoms with E-state index in [1.54, 1.807) is 6.92 Å². The standard InChI is InChI=1S/C10H18FNS/c1-9(11)4-3-7-12(8-9)10(13)5-2-6-10/h13H,2-8H2,1H3. The van der Waals surface area contributed by atoms with E-state index in [2.05, 4.69) is 17.5 Å². The van der Waals surface area contributed by atoms with E-state index in [0.717, 1.165) is 25.8 Å². The highest BCUT2D eigenvalue weighted by molar-refractivity contribution is 7.81. The van der Waals surface area contributed by atoms with Gasteiger partial charge < -0.3 is 0 Å². The maximum atomic E-state index is 13.7. The molecule has 1 unspecified atom stereocenters. The molecule has 0 bridgehead atoms. The molecule has 1 aliphatic heterocycles. The smallest absolute Gasteiger partial charge is 0.121 e. The first-order valence-electron chi connectivity index (χ1n) is 5.18. The van der Waals surface area contributed by atoms with Gasteiger partial charge in [0.2, 0.25) is 0 Å². The molecule has 0 aromatic heterocycles. The zero-order chi connectivity index (χ0) is 9.53. The predicted molar refractivity (Wildman–Crippen MR) is 55.9 cm³/mol. The lowest BCUT2D eigenvalue weighted by atomic mass is 9.86. The second-order valence-corrected chi connectivity index (χ2v) is 5.61. The topological polar surface area (TPSA) is 3.24 Å². The van der Waals surface area contributed by atoms with Crippen molar-refractivity contribution < 1.29 is 4.39 Å². The van der Waals surface area contributed by atoms with E-state index >= 15 is 0 Å². The summed E-state index contributed by atoms with van der Waals surface area (Å²) in [6.45, 7) is 3.33. The largest absolute Gasteiger partial charge is 0.286 e. The van der Waals surface area contributed by atoms with Crippen LogP contribution in [0.1, 0.15) is 39.0 Å². The van der Waals surface area contributed by atoms with Crippen LogP contribution in [0.3, 0.4) is 0 Å². The van der Waals surface area contributed by atoms with Crippen LogP contribution in [0, 0.1) is 0 Å². The lowest BCUT2D eigenvalue weighted by Crippen LogP contribution is -2.56. The van der Waals surface area contributed by atoms with Crippen LogP contribution in [0.5, 0.6) is 0 Å². The Labute approximate surface area is 85.1 Å². The van der Waals surface area contributed by atoms with Crippen LogP contribution in [-0.4, -0.2) is 28.5 Å². The normalized spacial score (nSPS) is 39.9. The van der Waals surface area contributed by atoms with Gasteiger partial charge in [-0.2, -0.15) is 12.6 Å². The minimum absolute atomic E-state index is 0.0355. The van der Waals surface area contributed by atoms with Gasteiger partial charge in [-0.05, 0) is 45.6 Å². The molecule has 1 nitrogen and oxygen atoms in total. The second kappa shape index (κ2) is 3.13. The van der Waals surface area contributed by atoms with Gasteiger partial charge in [0.1, 0.15) is 5.67 Å². The van der Waals surface area contributed by atoms with Crippen LogP contribution in [0.2, 0.25) is 0 Å². The van der Waals surface area contributed by atoms with E-state index in [-0.39, 0.29) is 4.87 Å². The third-order valence-corrected chi connectivity index (χ3v) is 4.12. The Bertz CT molecular complexity index is 201. The monoisotopic (exact) mass is 203 g/mol. The van der Waals surface area contributed by atoms with Crippen LogP contribution in [-0.2, 0) is 0 Å². The minimum atomic E-state index is -0.983. The lowest BCUT2D eigenvalue weighted by molar-refractivity contribution is -0.00153. The van der Waals surface area contributed by atoms with Crippen molar-refractivity contribution in [1.82, 2.24) is 4.90 Å². The third-order valence-electron chi connectivity index (χ3n) is 3.39. The van der Waals surface area contributed by atoms with Gasteiger partial charge >= 0.3 is 0 Å². The van der Waals surface area contributed by atoms with Crippen molar-refractivity contribution in [3.05, 3.63) is 0 Å². The van der Waals surface area contributed by atoms with Gasteiger partial charge in [-0.25, -0.2) is 4.39 Å². The fourth-order valence-electron chi connectivity index (χ4n) is 2.36. The van der Waals surface area contributed by atoms with Crippen LogP contribution >= 0.6 is 12.6 Å². The van der Waals surface area contributed by atoms with Gasteiger partial charge in [0.15, 0.2) is 0 Å². The molecule has 0 spiro atoms. The Hall–Kier alpha value is 0.240. The summed E-state index contributed by atoms with van der Waals surface area (Å²) < 4.78 is 13.7. The predicted octanol–water partition coefficient (Wildman–Crippen LogP) is 2.62. The Morgan fingerprint density at radius 3 is 2.38 bits per heavy atom. The summed E-state index contributed by atoms with van der Waals surface area (Å²) in [4.78, 5) is 2.27. The van der Waals surface area contributed by atoms with Gasteiger partial charge in [0.05, 0.1) is 4.87 Å². The maximum Gasteiger partial charge on any atom is 0.121 e. The molecular weight excluding hydrogens is 185 g/mol. The van der Waals surface area contributed by atoms with Crippen molar-refractivity contribution in [2.75, 3.05) is 13.1 Å². The molecule has 2 rings (SSSR count). The van der Waals surface area contributed by atoms with E-state index in [9.17, 15) is 4.39 Å². The molecule has 0 radical (unpaired) electrons. The molecule has 2 aliphatic rings. The molecule has 3 heteroatoms. The van der Waals surface area contributed by atoms with Crippen molar-refractivity contribution >= 4 is 12.6 Å². The molecule has 0 amide bonds. The number of hydrogen-bond acceptors (Lipinski definition) is 2. The van der Waals surface area contributed by atoms with E-state index in [1.807, 2.05) is 0 Å². The molecular formula is C10H18FNS. The summed E-state index contributed by atoms with van der Waals surface area (Å²) in [5.41, 5.74) is -0.983. The van der Waals surface area contributed by atoms with Gasteiger partial charge in [0, 0.05) is 6.54 Å². The molecule has 1 saturated heterocycles. The van der Waals surface area contributed by atoms with E-state index in [4.69, 9.17) is 0 Å². The number of thiol groups is 1. The minimum Gasteiger partial charge on any atom is -0.286 e. The van der Waals surface area contributed by atoms with Gasteiger partial charge in [-0.3, -0.25) is 4.90 Å². The number of halogens is 1. The molecule has 76 valence electrons. The molecule has 1 heterocycles. The number of nitrogens with zero attached hydrogens (tertiary/aromatic N) is 1. The highest BCUT2D eigenvalue weighted by atomic mass is 32.1. The van der Waals surface area contributed by atoms with E-state index in [0.29, 0.717) is 13.0 Å². The first-order valence-corrected chi connectivity index (χ1v) is 5.63. The summed E-state index contributed by atoms with van der Waals surface area (Å²) >= 11 is 4.65. The number of piperidine rings is 1. The fraction of sp³-hybridized carbons (Fsp3) is 1.00. The molecule has 13 heavy (non-hydrogen) atoms. The SMILES string of the molecule is CC1(F)CCCN(C2(S)CCC2)C1. The zero-order valence-corrected chi connectivity index (χ0v) is 9.12. The Balaban J connectivity index is 2.00. The molecule has 1 atom stereocenters. The van der Waals surface area contributed by atoms with Crippen LogP contribution in [0.15, 0.2) is 0 Å². The summed E-state index contributed by atoms with van der Waals surface area (Å²) in [5.74, 6) is 0. The second-order valence-electron chi connectivity index (χ2n) is 4.77. The number of rotatable bonds is 1. The lowest BCUT2D eigenvalue weighted by Gasteiger charge is -2.50. The quantitative estimate of drug-likeness (QED) is 0.641.